The van der Waals surface area contributed by atoms with E-state index in [0.29, 0.717) is 0 Å². The van der Waals surface area contributed by atoms with Gasteiger partial charge in [-0.1, -0.05) is 15.9 Å². The zero-order valence-electron chi connectivity index (χ0n) is 8.43. The SMILES string of the molecule is CNC1(c2cc(Br)ccc2OC)CC1. The average molecular weight is 256 g/mol. The monoisotopic (exact) mass is 255 g/mol. The van der Waals surface area contributed by atoms with Gasteiger partial charge in [0.15, 0.2) is 0 Å². The van der Waals surface area contributed by atoms with Gasteiger partial charge in [0.2, 0.25) is 0 Å². The molecule has 1 aliphatic carbocycles. The molecule has 76 valence electrons. The van der Waals surface area contributed by atoms with Crippen LogP contribution in [0.15, 0.2) is 22.7 Å². The summed E-state index contributed by atoms with van der Waals surface area (Å²) in [5, 5.41) is 3.37. The molecule has 0 spiro atoms. The smallest absolute Gasteiger partial charge is 0.123 e. The summed E-state index contributed by atoms with van der Waals surface area (Å²) in [6.07, 6.45) is 2.38. The van der Waals surface area contributed by atoms with Crippen molar-refractivity contribution in [1.82, 2.24) is 5.32 Å². The van der Waals surface area contributed by atoms with E-state index in [4.69, 9.17) is 4.74 Å². The number of hydrogen-bond donors (Lipinski definition) is 1. The summed E-state index contributed by atoms with van der Waals surface area (Å²) in [5.74, 6) is 0.972. The zero-order chi connectivity index (χ0) is 10.2. The lowest BCUT2D eigenvalue weighted by Crippen LogP contribution is -2.25. The molecule has 1 aromatic carbocycles. The Morgan fingerprint density at radius 3 is 2.64 bits per heavy atom. The average Bonchev–Trinajstić information content (AvgIpc) is 2.98. The Morgan fingerprint density at radius 2 is 2.14 bits per heavy atom. The maximum atomic E-state index is 5.37. The summed E-state index contributed by atoms with van der Waals surface area (Å²) >= 11 is 3.49. The second-order valence-electron chi connectivity index (χ2n) is 3.68. The van der Waals surface area contributed by atoms with Crippen molar-refractivity contribution in [1.29, 1.82) is 0 Å². The van der Waals surface area contributed by atoms with Crippen LogP contribution in [-0.4, -0.2) is 14.2 Å². The maximum Gasteiger partial charge on any atom is 0.123 e. The minimum atomic E-state index is 0.162. The third-order valence-electron chi connectivity index (χ3n) is 2.91. The number of benzene rings is 1. The van der Waals surface area contributed by atoms with Crippen LogP contribution in [0.3, 0.4) is 0 Å². The molecule has 0 aromatic heterocycles. The number of methoxy groups -OCH3 is 1. The van der Waals surface area contributed by atoms with Crippen LogP contribution in [-0.2, 0) is 5.54 Å². The second-order valence-corrected chi connectivity index (χ2v) is 4.59. The van der Waals surface area contributed by atoms with E-state index in [2.05, 4.69) is 27.3 Å². The molecule has 3 heteroatoms. The summed E-state index contributed by atoms with van der Waals surface area (Å²) in [6.45, 7) is 0. The quantitative estimate of drug-likeness (QED) is 0.897. The topological polar surface area (TPSA) is 21.3 Å². The highest BCUT2D eigenvalue weighted by molar-refractivity contribution is 9.10. The van der Waals surface area contributed by atoms with E-state index < -0.39 is 0 Å². The highest BCUT2D eigenvalue weighted by atomic mass is 79.9. The van der Waals surface area contributed by atoms with Crippen LogP contribution in [0.5, 0.6) is 5.75 Å². The number of ether oxygens (including phenoxy) is 1. The molecule has 1 aliphatic rings. The lowest BCUT2D eigenvalue weighted by Gasteiger charge is -2.18. The zero-order valence-corrected chi connectivity index (χ0v) is 10.0. The minimum Gasteiger partial charge on any atom is -0.496 e. The Balaban J connectivity index is 2.44. The Kier molecular flexibility index (Phi) is 2.54. The fourth-order valence-corrected chi connectivity index (χ4v) is 2.19. The first kappa shape index (κ1) is 9.99. The summed E-state index contributed by atoms with van der Waals surface area (Å²) < 4.78 is 6.47. The molecule has 0 bridgehead atoms. The van der Waals surface area contributed by atoms with Crippen LogP contribution < -0.4 is 10.1 Å². The molecule has 0 unspecified atom stereocenters. The molecule has 1 aromatic rings. The standard InChI is InChI=1S/C11H14BrNO/c1-13-11(5-6-11)9-7-8(12)3-4-10(9)14-2/h3-4,7,13H,5-6H2,1-2H3. The lowest BCUT2D eigenvalue weighted by atomic mass is 10.0. The van der Waals surface area contributed by atoms with Crippen LogP contribution >= 0.6 is 15.9 Å². The predicted molar refractivity (Wildman–Crippen MR) is 60.7 cm³/mol. The van der Waals surface area contributed by atoms with E-state index in [1.165, 1.54) is 18.4 Å². The fraction of sp³-hybridized carbons (Fsp3) is 0.455. The molecule has 1 fully saturated rings. The van der Waals surface area contributed by atoms with E-state index in [-0.39, 0.29) is 5.54 Å². The van der Waals surface area contributed by atoms with Gasteiger partial charge in [0.05, 0.1) is 7.11 Å². The third kappa shape index (κ3) is 1.55. The molecule has 0 atom stereocenters. The number of nitrogens with one attached hydrogen (secondary N) is 1. The Hall–Kier alpha value is -0.540. The summed E-state index contributed by atoms with van der Waals surface area (Å²) in [7, 11) is 3.73. The van der Waals surface area contributed by atoms with Crippen LogP contribution in [0.4, 0.5) is 0 Å². The molecule has 0 saturated heterocycles. The van der Waals surface area contributed by atoms with E-state index in [0.717, 1.165) is 10.2 Å². The highest BCUT2D eigenvalue weighted by Crippen LogP contribution is 2.49. The molecule has 0 amide bonds. The van der Waals surface area contributed by atoms with Gasteiger partial charge in [0.1, 0.15) is 5.75 Å². The van der Waals surface area contributed by atoms with Crippen molar-refractivity contribution in [2.45, 2.75) is 18.4 Å². The molecule has 2 nitrogen and oxygen atoms in total. The van der Waals surface area contributed by atoms with Gasteiger partial charge in [-0.15, -0.1) is 0 Å². The van der Waals surface area contributed by atoms with E-state index >= 15 is 0 Å². The second kappa shape index (κ2) is 3.55. The van der Waals surface area contributed by atoms with Crippen LogP contribution in [0.1, 0.15) is 18.4 Å². The van der Waals surface area contributed by atoms with E-state index in [1.807, 2.05) is 19.2 Å². The molecular weight excluding hydrogens is 242 g/mol. The third-order valence-corrected chi connectivity index (χ3v) is 3.40. The van der Waals surface area contributed by atoms with Crippen LogP contribution in [0.2, 0.25) is 0 Å². The first-order valence-corrected chi connectivity index (χ1v) is 5.54. The van der Waals surface area contributed by atoms with Crippen LogP contribution in [0.25, 0.3) is 0 Å². The lowest BCUT2D eigenvalue weighted by molar-refractivity contribution is 0.399. The highest BCUT2D eigenvalue weighted by Gasteiger charge is 2.44. The van der Waals surface area contributed by atoms with Crippen molar-refractivity contribution < 1.29 is 4.74 Å². The minimum absolute atomic E-state index is 0.162. The van der Waals surface area contributed by atoms with Gasteiger partial charge in [-0.2, -0.15) is 0 Å². The molecule has 1 saturated carbocycles. The number of hydrogen-bond acceptors (Lipinski definition) is 2. The molecule has 14 heavy (non-hydrogen) atoms. The molecular formula is C11H14BrNO. The van der Waals surface area contributed by atoms with Gasteiger partial charge in [-0.05, 0) is 38.1 Å². The maximum absolute atomic E-state index is 5.37. The van der Waals surface area contributed by atoms with Crippen molar-refractivity contribution >= 4 is 15.9 Å². The van der Waals surface area contributed by atoms with Gasteiger partial charge in [-0.3, -0.25) is 0 Å². The molecule has 1 N–H and O–H groups in total. The summed E-state index contributed by atoms with van der Waals surface area (Å²) in [5.41, 5.74) is 1.42. The van der Waals surface area contributed by atoms with Crippen molar-refractivity contribution in [3.8, 4) is 5.75 Å². The predicted octanol–water partition coefficient (Wildman–Crippen LogP) is 2.67. The largest absolute Gasteiger partial charge is 0.496 e. The van der Waals surface area contributed by atoms with E-state index in [1.54, 1.807) is 7.11 Å². The van der Waals surface area contributed by atoms with Crippen LogP contribution in [0, 0.1) is 0 Å². The van der Waals surface area contributed by atoms with Gasteiger partial charge in [0.25, 0.3) is 0 Å². The molecule has 0 heterocycles. The van der Waals surface area contributed by atoms with Crippen molar-refractivity contribution in [2.24, 2.45) is 0 Å². The Bertz CT molecular complexity index is 347. The molecule has 2 rings (SSSR count). The Morgan fingerprint density at radius 1 is 1.43 bits per heavy atom. The number of halogens is 1. The molecule has 0 aliphatic heterocycles. The Labute approximate surface area is 92.8 Å². The fourth-order valence-electron chi connectivity index (χ4n) is 1.83. The van der Waals surface area contributed by atoms with Crippen molar-refractivity contribution in [2.75, 3.05) is 14.2 Å². The first-order chi connectivity index (χ1) is 6.72. The van der Waals surface area contributed by atoms with Crippen molar-refractivity contribution in [3.63, 3.8) is 0 Å². The summed E-state index contributed by atoms with van der Waals surface area (Å²) in [4.78, 5) is 0. The van der Waals surface area contributed by atoms with E-state index in [9.17, 15) is 0 Å². The van der Waals surface area contributed by atoms with Gasteiger partial charge in [-0.25, -0.2) is 0 Å². The van der Waals surface area contributed by atoms with Crippen molar-refractivity contribution in [3.05, 3.63) is 28.2 Å². The van der Waals surface area contributed by atoms with Gasteiger partial charge >= 0.3 is 0 Å². The first-order valence-electron chi connectivity index (χ1n) is 4.75. The normalized spacial score (nSPS) is 17.9. The van der Waals surface area contributed by atoms with Gasteiger partial charge < -0.3 is 10.1 Å². The van der Waals surface area contributed by atoms with Gasteiger partial charge in [0, 0.05) is 15.6 Å². The number of rotatable bonds is 3. The molecule has 0 radical (unpaired) electrons. The summed E-state index contributed by atoms with van der Waals surface area (Å²) in [6, 6.07) is 6.16.